The molecule has 1 N–H and O–H groups in total. The number of hydrogen-bond donors (Lipinski definition) is 1. The van der Waals surface area contributed by atoms with E-state index < -0.39 is 0 Å². The fraction of sp³-hybridized carbons (Fsp3) is 0.400. The van der Waals surface area contributed by atoms with Gasteiger partial charge >= 0.3 is 0 Å². The van der Waals surface area contributed by atoms with E-state index in [2.05, 4.69) is 49.3 Å². The molecule has 0 aliphatic carbocycles. The fourth-order valence-corrected chi connectivity index (χ4v) is 2.45. The first kappa shape index (κ1) is 13.9. The van der Waals surface area contributed by atoms with Crippen molar-refractivity contribution < 1.29 is 4.74 Å². The Bertz CT molecular complexity index is 537. The Balaban J connectivity index is 1.94. The second kappa shape index (κ2) is 6.57. The Morgan fingerprint density at radius 3 is 2.95 bits per heavy atom. The van der Waals surface area contributed by atoms with Gasteiger partial charge in [-0.1, -0.05) is 30.4 Å². The Labute approximate surface area is 118 Å². The number of aryl methyl sites for hydroxylation is 2. The topological polar surface area (TPSA) is 34.2 Å². The maximum absolute atomic E-state index is 5.86. The van der Waals surface area contributed by atoms with Crippen LogP contribution in [0.25, 0.3) is 0 Å². The molecule has 2 aromatic rings. The third-order valence-electron chi connectivity index (χ3n) is 2.79. The Morgan fingerprint density at radius 2 is 2.16 bits per heavy atom. The molecule has 0 spiro atoms. The lowest BCUT2D eigenvalue weighted by molar-refractivity contribution is 0.307. The summed E-state index contributed by atoms with van der Waals surface area (Å²) in [7, 11) is 0. The van der Waals surface area contributed by atoms with Crippen molar-refractivity contribution in [2.75, 3.05) is 11.9 Å². The van der Waals surface area contributed by atoms with Gasteiger partial charge in [-0.15, -0.1) is 0 Å². The molecule has 1 heterocycles. The van der Waals surface area contributed by atoms with Crippen LogP contribution in [0.5, 0.6) is 5.75 Å². The first-order valence-electron chi connectivity index (χ1n) is 6.57. The van der Waals surface area contributed by atoms with Crippen LogP contribution in [0.1, 0.15) is 29.3 Å². The maximum Gasteiger partial charge on any atom is 0.182 e. The number of rotatable bonds is 6. The average molecular weight is 276 g/mol. The van der Waals surface area contributed by atoms with Crippen molar-refractivity contribution in [1.29, 1.82) is 0 Å². The minimum Gasteiger partial charge on any atom is -0.488 e. The summed E-state index contributed by atoms with van der Waals surface area (Å²) in [5.74, 6) is 0.955. The summed E-state index contributed by atoms with van der Waals surface area (Å²) < 4.78 is 5.86. The summed E-state index contributed by atoms with van der Waals surface area (Å²) in [6.45, 7) is 7.83. The minimum atomic E-state index is 0.579. The normalized spacial score (nSPS) is 10.5. The van der Waals surface area contributed by atoms with Crippen molar-refractivity contribution in [3.63, 3.8) is 0 Å². The van der Waals surface area contributed by atoms with Crippen LogP contribution < -0.4 is 10.1 Å². The summed E-state index contributed by atoms with van der Waals surface area (Å²) in [5.41, 5.74) is 2.38. The molecule has 3 nitrogen and oxygen atoms in total. The van der Waals surface area contributed by atoms with Gasteiger partial charge in [0.15, 0.2) is 5.13 Å². The van der Waals surface area contributed by atoms with Crippen molar-refractivity contribution in [2.24, 2.45) is 0 Å². The number of thiazole rings is 1. The van der Waals surface area contributed by atoms with Gasteiger partial charge in [0.2, 0.25) is 0 Å². The predicted molar refractivity (Wildman–Crippen MR) is 81.1 cm³/mol. The SMILES string of the molecule is CCCNc1ncc(COc2cc(C)ccc2C)s1. The molecule has 1 aromatic heterocycles. The third kappa shape index (κ3) is 3.96. The van der Waals surface area contributed by atoms with E-state index >= 15 is 0 Å². The Hall–Kier alpha value is -1.55. The van der Waals surface area contributed by atoms with Gasteiger partial charge in [-0.25, -0.2) is 4.98 Å². The van der Waals surface area contributed by atoms with Crippen LogP contribution in [0.3, 0.4) is 0 Å². The van der Waals surface area contributed by atoms with Crippen LogP contribution in [-0.2, 0) is 6.61 Å². The Morgan fingerprint density at radius 1 is 1.32 bits per heavy atom. The zero-order valence-corrected chi connectivity index (χ0v) is 12.5. The zero-order chi connectivity index (χ0) is 13.7. The van der Waals surface area contributed by atoms with Gasteiger partial charge in [-0.05, 0) is 37.5 Å². The fourth-order valence-electron chi connectivity index (χ4n) is 1.70. The van der Waals surface area contributed by atoms with Gasteiger partial charge in [0.05, 0.1) is 4.88 Å². The number of hydrogen-bond acceptors (Lipinski definition) is 4. The van der Waals surface area contributed by atoms with E-state index in [-0.39, 0.29) is 0 Å². The van der Waals surface area contributed by atoms with Crippen molar-refractivity contribution >= 4 is 16.5 Å². The summed E-state index contributed by atoms with van der Waals surface area (Å²) in [5, 5.41) is 4.26. The molecule has 0 aliphatic heterocycles. The molecule has 0 aliphatic rings. The second-order valence-corrected chi connectivity index (χ2v) is 5.73. The highest BCUT2D eigenvalue weighted by molar-refractivity contribution is 7.15. The number of benzene rings is 1. The highest BCUT2D eigenvalue weighted by atomic mass is 32.1. The smallest absolute Gasteiger partial charge is 0.182 e. The van der Waals surface area contributed by atoms with E-state index in [1.54, 1.807) is 11.3 Å². The van der Waals surface area contributed by atoms with E-state index in [1.165, 1.54) is 11.1 Å². The molecular weight excluding hydrogens is 256 g/mol. The summed E-state index contributed by atoms with van der Waals surface area (Å²) in [4.78, 5) is 5.47. The van der Waals surface area contributed by atoms with Gasteiger partial charge in [-0.2, -0.15) is 0 Å². The number of nitrogens with zero attached hydrogens (tertiary/aromatic N) is 1. The van der Waals surface area contributed by atoms with Crippen molar-refractivity contribution in [2.45, 2.75) is 33.8 Å². The highest BCUT2D eigenvalue weighted by Crippen LogP contribution is 2.23. The van der Waals surface area contributed by atoms with Gasteiger partial charge in [-0.3, -0.25) is 0 Å². The zero-order valence-electron chi connectivity index (χ0n) is 11.7. The second-order valence-electron chi connectivity index (χ2n) is 4.62. The van der Waals surface area contributed by atoms with E-state index in [1.807, 2.05) is 6.20 Å². The molecule has 0 saturated heterocycles. The van der Waals surface area contributed by atoms with Crippen LogP contribution in [0.4, 0.5) is 5.13 Å². The molecule has 0 saturated carbocycles. The molecule has 0 fully saturated rings. The largest absolute Gasteiger partial charge is 0.488 e. The molecule has 0 bridgehead atoms. The number of ether oxygens (including phenoxy) is 1. The van der Waals surface area contributed by atoms with Crippen LogP contribution >= 0.6 is 11.3 Å². The molecule has 0 radical (unpaired) electrons. The predicted octanol–water partition coefficient (Wildman–Crippen LogP) is 4.16. The molecule has 19 heavy (non-hydrogen) atoms. The molecule has 0 atom stereocenters. The third-order valence-corrected chi connectivity index (χ3v) is 3.72. The average Bonchev–Trinajstić information content (AvgIpc) is 2.85. The molecule has 102 valence electrons. The molecule has 2 rings (SSSR count). The molecule has 0 amide bonds. The molecule has 0 unspecified atom stereocenters. The van der Waals surface area contributed by atoms with Gasteiger partial charge in [0, 0.05) is 12.7 Å². The van der Waals surface area contributed by atoms with Gasteiger partial charge in [0.25, 0.3) is 0 Å². The van der Waals surface area contributed by atoms with Crippen LogP contribution in [-0.4, -0.2) is 11.5 Å². The van der Waals surface area contributed by atoms with Crippen molar-refractivity contribution in [3.8, 4) is 5.75 Å². The number of nitrogens with one attached hydrogen (secondary N) is 1. The van der Waals surface area contributed by atoms with E-state index in [4.69, 9.17) is 4.74 Å². The van der Waals surface area contributed by atoms with Gasteiger partial charge in [0.1, 0.15) is 12.4 Å². The standard InChI is InChI=1S/C15H20N2OS/c1-4-7-16-15-17-9-13(19-15)10-18-14-8-11(2)5-6-12(14)3/h5-6,8-9H,4,7,10H2,1-3H3,(H,16,17). The van der Waals surface area contributed by atoms with Crippen LogP contribution in [0, 0.1) is 13.8 Å². The number of anilines is 1. The molecule has 4 heteroatoms. The Kier molecular flexibility index (Phi) is 4.80. The lowest BCUT2D eigenvalue weighted by atomic mass is 10.1. The van der Waals surface area contributed by atoms with Crippen molar-refractivity contribution in [1.82, 2.24) is 4.98 Å². The summed E-state index contributed by atoms with van der Waals surface area (Å²) in [6, 6.07) is 6.26. The quantitative estimate of drug-likeness (QED) is 0.860. The maximum atomic E-state index is 5.86. The lowest BCUT2D eigenvalue weighted by Crippen LogP contribution is -1.98. The monoisotopic (exact) mass is 276 g/mol. The molecule has 1 aromatic carbocycles. The van der Waals surface area contributed by atoms with Crippen LogP contribution in [0.2, 0.25) is 0 Å². The summed E-state index contributed by atoms with van der Waals surface area (Å²) >= 11 is 1.65. The highest BCUT2D eigenvalue weighted by Gasteiger charge is 2.04. The minimum absolute atomic E-state index is 0.579. The van der Waals surface area contributed by atoms with E-state index in [0.717, 1.165) is 28.7 Å². The van der Waals surface area contributed by atoms with Gasteiger partial charge < -0.3 is 10.1 Å². The first-order valence-corrected chi connectivity index (χ1v) is 7.39. The number of aromatic nitrogens is 1. The van der Waals surface area contributed by atoms with Crippen molar-refractivity contribution in [3.05, 3.63) is 40.4 Å². The molecular formula is C15H20N2OS. The van der Waals surface area contributed by atoms with E-state index in [9.17, 15) is 0 Å². The van der Waals surface area contributed by atoms with Crippen LogP contribution in [0.15, 0.2) is 24.4 Å². The first-order chi connectivity index (χ1) is 9.19. The summed E-state index contributed by atoms with van der Waals surface area (Å²) in [6.07, 6.45) is 2.99. The van der Waals surface area contributed by atoms with E-state index in [0.29, 0.717) is 6.61 Å². The lowest BCUT2D eigenvalue weighted by Gasteiger charge is -2.08.